The molecule has 0 spiro atoms. The molecule has 0 bridgehead atoms. The van der Waals surface area contributed by atoms with E-state index in [0.717, 1.165) is 17.9 Å². The molecule has 0 aliphatic carbocycles. The number of carbonyl (C=O) groups excluding carboxylic acids is 1. The summed E-state index contributed by atoms with van der Waals surface area (Å²) in [5.41, 5.74) is 0.363. The van der Waals surface area contributed by atoms with Gasteiger partial charge in [-0.3, -0.25) is 0 Å². The van der Waals surface area contributed by atoms with Gasteiger partial charge in [0.1, 0.15) is 0 Å². The topological polar surface area (TPSA) is 32.3 Å². The minimum Gasteiger partial charge on any atom is -0.316 e. The zero-order valence-electron chi connectivity index (χ0n) is 13.6. The number of hydrogen-bond acceptors (Lipinski definition) is 2. The molecule has 1 saturated heterocycles. The lowest BCUT2D eigenvalue weighted by Gasteiger charge is -2.36. The standard InChI is InChI=1S/C18H16ClF3N2OS/c19-14-4-6-15(7-5-14)23-17(25)24-8-9-26-11-16(24)12-2-1-3-13(10-12)18(20,21)22/h1-7,10,16H,8-9,11H2,(H,23,25). The zero-order chi connectivity index (χ0) is 18.7. The lowest BCUT2D eigenvalue weighted by atomic mass is 10.0. The number of nitrogens with one attached hydrogen (secondary N) is 1. The highest BCUT2D eigenvalue weighted by Gasteiger charge is 2.33. The third kappa shape index (κ3) is 4.45. The number of thioether (sulfide) groups is 1. The molecule has 1 atom stereocenters. The van der Waals surface area contributed by atoms with E-state index in [0.29, 0.717) is 28.6 Å². The average molecular weight is 401 g/mol. The molecule has 1 aliphatic rings. The molecule has 3 nitrogen and oxygen atoms in total. The van der Waals surface area contributed by atoms with Crippen LogP contribution in [0.25, 0.3) is 0 Å². The number of amides is 2. The highest BCUT2D eigenvalue weighted by Crippen LogP contribution is 2.35. The van der Waals surface area contributed by atoms with Crippen LogP contribution in [0.15, 0.2) is 48.5 Å². The summed E-state index contributed by atoms with van der Waals surface area (Å²) in [6.07, 6.45) is -4.41. The van der Waals surface area contributed by atoms with Gasteiger partial charge in [0.05, 0.1) is 11.6 Å². The number of alkyl halides is 3. The molecule has 26 heavy (non-hydrogen) atoms. The largest absolute Gasteiger partial charge is 0.416 e. The number of benzene rings is 2. The smallest absolute Gasteiger partial charge is 0.316 e. The van der Waals surface area contributed by atoms with Gasteiger partial charge in [0.25, 0.3) is 0 Å². The molecule has 0 aromatic heterocycles. The minimum absolute atomic E-state index is 0.338. The summed E-state index contributed by atoms with van der Waals surface area (Å²) in [5.74, 6) is 1.29. The van der Waals surface area contributed by atoms with Crippen LogP contribution in [0.5, 0.6) is 0 Å². The van der Waals surface area contributed by atoms with Crippen molar-refractivity contribution in [2.24, 2.45) is 0 Å². The van der Waals surface area contributed by atoms with Gasteiger partial charge in [0.15, 0.2) is 0 Å². The number of nitrogens with zero attached hydrogens (tertiary/aromatic N) is 1. The van der Waals surface area contributed by atoms with Crippen molar-refractivity contribution in [3.8, 4) is 0 Å². The second-order valence-electron chi connectivity index (χ2n) is 5.84. The Morgan fingerprint density at radius 2 is 1.92 bits per heavy atom. The van der Waals surface area contributed by atoms with Crippen molar-refractivity contribution in [1.29, 1.82) is 0 Å². The molecule has 1 N–H and O–H groups in total. The van der Waals surface area contributed by atoms with Crippen LogP contribution in [-0.4, -0.2) is 29.0 Å². The van der Waals surface area contributed by atoms with Crippen LogP contribution >= 0.6 is 23.4 Å². The van der Waals surface area contributed by atoms with E-state index in [9.17, 15) is 18.0 Å². The van der Waals surface area contributed by atoms with Crippen molar-refractivity contribution < 1.29 is 18.0 Å². The maximum Gasteiger partial charge on any atom is 0.416 e. The van der Waals surface area contributed by atoms with E-state index >= 15 is 0 Å². The molecule has 2 aromatic rings. The van der Waals surface area contributed by atoms with Crippen molar-refractivity contribution in [3.63, 3.8) is 0 Å². The van der Waals surface area contributed by atoms with Gasteiger partial charge < -0.3 is 10.2 Å². The fraction of sp³-hybridized carbons (Fsp3) is 0.278. The Morgan fingerprint density at radius 1 is 1.19 bits per heavy atom. The number of anilines is 1. The molecule has 2 amide bonds. The van der Waals surface area contributed by atoms with E-state index in [1.165, 1.54) is 6.07 Å². The molecule has 1 heterocycles. The molecule has 1 unspecified atom stereocenters. The Labute approximate surface area is 158 Å². The van der Waals surface area contributed by atoms with Gasteiger partial charge in [-0.1, -0.05) is 23.7 Å². The molecule has 0 radical (unpaired) electrons. The normalized spacial score (nSPS) is 17.8. The second kappa shape index (κ2) is 7.80. The first-order valence-corrected chi connectivity index (χ1v) is 9.46. The van der Waals surface area contributed by atoms with E-state index in [1.807, 2.05) is 0 Å². The Morgan fingerprint density at radius 3 is 2.62 bits per heavy atom. The molecule has 1 fully saturated rings. The van der Waals surface area contributed by atoms with Crippen molar-refractivity contribution in [3.05, 3.63) is 64.7 Å². The van der Waals surface area contributed by atoms with E-state index in [-0.39, 0.29) is 6.03 Å². The van der Waals surface area contributed by atoms with Crippen LogP contribution in [0.1, 0.15) is 17.2 Å². The minimum atomic E-state index is -4.41. The summed E-state index contributed by atoms with van der Waals surface area (Å²) in [6.45, 7) is 0.463. The predicted molar refractivity (Wildman–Crippen MR) is 98.7 cm³/mol. The summed E-state index contributed by atoms with van der Waals surface area (Å²) in [6, 6.07) is 11.1. The summed E-state index contributed by atoms with van der Waals surface area (Å²) in [4.78, 5) is 14.3. The highest BCUT2D eigenvalue weighted by molar-refractivity contribution is 7.99. The molecular weight excluding hydrogens is 385 g/mol. The summed E-state index contributed by atoms with van der Waals surface area (Å²) < 4.78 is 39.0. The third-order valence-electron chi connectivity index (χ3n) is 4.08. The van der Waals surface area contributed by atoms with Gasteiger partial charge >= 0.3 is 12.2 Å². The first kappa shape index (κ1) is 18.9. The van der Waals surface area contributed by atoms with Gasteiger partial charge in [-0.2, -0.15) is 24.9 Å². The predicted octanol–water partition coefficient (Wildman–Crippen LogP) is 5.68. The molecule has 2 aromatic carbocycles. The number of rotatable bonds is 2. The molecule has 1 aliphatic heterocycles. The lowest BCUT2D eigenvalue weighted by Crippen LogP contribution is -2.43. The second-order valence-corrected chi connectivity index (χ2v) is 7.43. The highest BCUT2D eigenvalue weighted by atomic mass is 35.5. The summed E-state index contributed by atoms with van der Waals surface area (Å²) in [5, 5.41) is 3.34. The lowest BCUT2D eigenvalue weighted by molar-refractivity contribution is -0.137. The van der Waals surface area contributed by atoms with Crippen LogP contribution in [0.3, 0.4) is 0 Å². The molecule has 0 saturated carbocycles. The Hall–Kier alpha value is -1.86. The van der Waals surface area contributed by atoms with Crippen molar-refractivity contribution in [2.45, 2.75) is 12.2 Å². The first-order valence-electron chi connectivity index (χ1n) is 7.93. The van der Waals surface area contributed by atoms with E-state index < -0.39 is 17.8 Å². The fourth-order valence-corrected chi connectivity index (χ4v) is 3.99. The van der Waals surface area contributed by atoms with Crippen LogP contribution in [0.2, 0.25) is 5.02 Å². The van der Waals surface area contributed by atoms with Crippen molar-refractivity contribution in [1.82, 2.24) is 4.90 Å². The monoisotopic (exact) mass is 400 g/mol. The third-order valence-corrected chi connectivity index (χ3v) is 5.36. The van der Waals surface area contributed by atoms with E-state index in [2.05, 4.69) is 5.32 Å². The molecule has 138 valence electrons. The van der Waals surface area contributed by atoms with Gasteiger partial charge in [0, 0.05) is 28.8 Å². The van der Waals surface area contributed by atoms with Crippen LogP contribution in [0, 0.1) is 0 Å². The molecule has 3 rings (SSSR count). The Balaban J connectivity index is 1.81. The quantitative estimate of drug-likeness (QED) is 0.703. The zero-order valence-corrected chi connectivity index (χ0v) is 15.2. The molecule has 8 heteroatoms. The van der Waals surface area contributed by atoms with E-state index in [4.69, 9.17) is 11.6 Å². The van der Waals surface area contributed by atoms with Gasteiger partial charge in [-0.25, -0.2) is 4.79 Å². The maximum absolute atomic E-state index is 13.0. The maximum atomic E-state index is 13.0. The Kier molecular flexibility index (Phi) is 5.67. The number of urea groups is 1. The van der Waals surface area contributed by atoms with Crippen LogP contribution in [-0.2, 0) is 6.18 Å². The first-order chi connectivity index (χ1) is 12.3. The summed E-state index contributed by atoms with van der Waals surface area (Å²) >= 11 is 7.45. The van der Waals surface area contributed by atoms with Crippen LogP contribution < -0.4 is 5.32 Å². The fourth-order valence-electron chi connectivity index (χ4n) is 2.77. The number of hydrogen-bond donors (Lipinski definition) is 1. The van der Waals surface area contributed by atoms with Gasteiger partial charge in [0.2, 0.25) is 0 Å². The number of carbonyl (C=O) groups is 1. The number of halogens is 4. The summed E-state index contributed by atoms with van der Waals surface area (Å²) in [7, 11) is 0. The van der Waals surface area contributed by atoms with Crippen molar-refractivity contribution >= 4 is 35.1 Å². The average Bonchev–Trinajstić information content (AvgIpc) is 2.63. The Bertz CT molecular complexity index is 783. The van der Waals surface area contributed by atoms with Gasteiger partial charge in [-0.05, 0) is 42.0 Å². The van der Waals surface area contributed by atoms with Crippen LogP contribution in [0.4, 0.5) is 23.7 Å². The molecular formula is C18H16ClF3N2OS. The van der Waals surface area contributed by atoms with Gasteiger partial charge in [-0.15, -0.1) is 0 Å². The van der Waals surface area contributed by atoms with Crippen molar-refractivity contribution in [2.75, 3.05) is 23.4 Å². The van der Waals surface area contributed by atoms with E-state index in [1.54, 1.807) is 47.0 Å². The SMILES string of the molecule is O=C(Nc1ccc(Cl)cc1)N1CCSCC1c1cccc(C(F)(F)F)c1.